The monoisotopic (exact) mass is 422 g/mol. The van der Waals surface area contributed by atoms with Gasteiger partial charge < -0.3 is 14.6 Å². The highest BCUT2D eigenvalue weighted by Crippen LogP contribution is 2.42. The van der Waals surface area contributed by atoms with E-state index in [0.717, 1.165) is 5.56 Å². The van der Waals surface area contributed by atoms with E-state index in [-0.39, 0.29) is 29.2 Å². The van der Waals surface area contributed by atoms with Crippen molar-refractivity contribution in [3.8, 4) is 11.5 Å². The molecule has 0 aliphatic carbocycles. The zero-order chi connectivity index (χ0) is 22.0. The van der Waals surface area contributed by atoms with Crippen molar-refractivity contribution in [2.45, 2.75) is 33.2 Å². The van der Waals surface area contributed by atoms with Gasteiger partial charge in [0.1, 0.15) is 11.5 Å². The van der Waals surface area contributed by atoms with Gasteiger partial charge in [0.2, 0.25) is 5.78 Å². The molecule has 31 heavy (non-hydrogen) atoms. The number of carbonyl (C=O) groups excluding carboxylic acids is 2. The molecule has 0 spiro atoms. The van der Waals surface area contributed by atoms with E-state index in [4.69, 9.17) is 9.47 Å². The van der Waals surface area contributed by atoms with Gasteiger partial charge in [-0.3, -0.25) is 19.5 Å². The predicted molar refractivity (Wildman–Crippen MR) is 115 cm³/mol. The maximum absolute atomic E-state index is 13.0. The number of rotatable bonds is 5. The molecule has 2 aromatic rings. The number of pyridine rings is 1. The predicted octanol–water partition coefficient (Wildman–Crippen LogP) is 3.49. The number of esters is 1. The fourth-order valence-electron chi connectivity index (χ4n) is 4.15. The van der Waals surface area contributed by atoms with Crippen molar-refractivity contribution in [1.82, 2.24) is 9.88 Å². The Bertz CT molecular complexity index is 1020. The summed E-state index contributed by atoms with van der Waals surface area (Å²) in [5.41, 5.74) is 2.59. The Morgan fingerprint density at radius 3 is 2.71 bits per heavy atom. The lowest BCUT2D eigenvalue weighted by Gasteiger charge is -2.31. The van der Waals surface area contributed by atoms with E-state index >= 15 is 0 Å². The number of nitrogens with zero attached hydrogens (tertiary/aromatic N) is 2. The van der Waals surface area contributed by atoms with Crippen LogP contribution in [-0.2, 0) is 16.1 Å². The summed E-state index contributed by atoms with van der Waals surface area (Å²) in [6.45, 7) is 5.86. The minimum absolute atomic E-state index is 0.0822. The first-order valence-corrected chi connectivity index (χ1v) is 10.6. The van der Waals surface area contributed by atoms with Crippen LogP contribution in [0.25, 0.3) is 6.08 Å². The molecule has 0 saturated carbocycles. The second-order valence-corrected chi connectivity index (χ2v) is 7.92. The lowest BCUT2D eigenvalue weighted by atomic mass is 9.95. The van der Waals surface area contributed by atoms with Crippen LogP contribution in [0.3, 0.4) is 0 Å². The highest BCUT2D eigenvalue weighted by Gasteiger charge is 2.34. The molecule has 7 heteroatoms. The van der Waals surface area contributed by atoms with Crippen LogP contribution in [0.1, 0.15) is 46.8 Å². The summed E-state index contributed by atoms with van der Waals surface area (Å²) in [5, 5.41) is 10.6. The molecule has 1 N–H and O–H groups in total. The van der Waals surface area contributed by atoms with Crippen LogP contribution in [0.15, 0.2) is 36.4 Å². The fraction of sp³-hybridized carbons (Fsp3) is 0.375. The number of aromatic hydroxyl groups is 1. The number of carbonyl (C=O) groups is 2. The van der Waals surface area contributed by atoms with Gasteiger partial charge in [-0.05, 0) is 75.2 Å². The van der Waals surface area contributed by atoms with E-state index in [9.17, 15) is 14.7 Å². The van der Waals surface area contributed by atoms with Crippen LogP contribution in [0, 0.1) is 12.8 Å². The van der Waals surface area contributed by atoms with Gasteiger partial charge >= 0.3 is 5.97 Å². The molecular weight excluding hydrogens is 396 g/mol. The summed E-state index contributed by atoms with van der Waals surface area (Å²) in [6, 6.07) is 5.22. The number of hydrogen-bond donors (Lipinski definition) is 1. The van der Waals surface area contributed by atoms with Crippen molar-refractivity contribution in [3.05, 3.63) is 58.6 Å². The summed E-state index contributed by atoms with van der Waals surface area (Å²) in [6.07, 6.45) is 6.42. The number of ketones is 1. The second-order valence-electron chi connectivity index (χ2n) is 7.92. The van der Waals surface area contributed by atoms with E-state index < -0.39 is 0 Å². The fourth-order valence-corrected chi connectivity index (χ4v) is 4.15. The van der Waals surface area contributed by atoms with Gasteiger partial charge in [-0.15, -0.1) is 0 Å². The van der Waals surface area contributed by atoms with Crippen LogP contribution < -0.4 is 4.74 Å². The first kappa shape index (κ1) is 21.1. The van der Waals surface area contributed by atoms with E-state index in [1.807, 2.05) is 6.92 Å². The molecule has 0 radical (unpaired) electrons. The first-order chi connectivity index (χ1) is 15.0. The summed E-state index contributed by atoms with van der Waals surface area (Å²) in [4.78, 5) is 31.1. The van der Waals surface area contributed by atoms with E-state index in [2.05, 4.69) is 9.88 Å². The Balaban J connectivity index is 1.55. The van der Waals surface area contributed by atoms with Crippen LogP contribution in [0.4, 0.5) is 0 Å². The Kier molecular flexibility index (Phi) is 6.04. The lowest BCUT2D eigenvalue weighted by Crippen LogP contribution is -2.36. The van der Waals surface area contributed by atoms with Gasteiger partial charge in [-0.25, -0.2) is 0 Å². The van der Waals surface area contributed by atoms with E-state index in [1.54, 1.807) is 43.6 Å². The summed E-state index contributed by atoms with van der Waals surface area (Å²) in [7, 11) is 0. The van der Waals surface area contributed by atoms with Gasteiger partial charge in [0.15, 0.2) is 5.76 Å². The summed E-state index contributed by atoms with van der Waals surface area (Å²) in [5.74, 6) is 0.364. The van der Waals surface area contributed by atoms with Crippen molar-refractivity contribution in [2.75, 3.05) is 19.7 Å². The third-order valence-corrected chi connectivity index (χ3v) is 5.81. The standard InChI is InChI=1S/C24H26N2O5/c1-3-30-24(29)17-6-10-26(11-7-17)14-18-19(27)12-15(2)21-22(28)20(31-23(18)21)13-16-4-8-25-9-5-16/h4-5,8-9,12-13,17,27H,3,6-7,10-11,14H2,1-2H3/b20-13+. The van der Waals surface area contributed by atoms with E-state index in [0.29, 0.717) is 61.5 Å². The number of benzene rings is 1. The quantitative estimate of drug-likeness (QED) is 0.583. The molecule has 7 nitrogen and oxygen atoms in total. The van der Waals surface area contributed by atoms with Crippen LogP contribution >= 0.6 is 0 Å². The van der Waals surface area contributed by atoms with Gasteiger partial charge in [0.05, 0.1) is 23.7 Å². The SMILES string of the molecule is CCOC(=O)C1CCN(Cc2c(O)cc(C)c3c2O/C(=C/c2ccncc2)C3=O)CC1. The number of Topliss-reactive ketones (excluding diaryl/α,β-unsaturated/α-hetero) is 1. The third-order valence-electron chi connectivity index (χ3n) is 5.81. The molecule has 1 aromatic carbocycles. The molecule has 2 aliphatic heterocycles. The number of ether oxygens (including phenoxy) is 2. The second kappa shape index (κ2) is 8.89. The number of fused-ring (bicyclic) bond motifs is 1. The number of piperidine rings is 1. The Labute approximate surface area is 181 Å². The largest absolute Gasteiger partial charge is 0.507 e. The van der Waals surface area contributed by atoms with Crippen molar-refractivity contribution < 1.29 is 24.2 Å². The number of aromatic nitrogens is 1. The summed E-state index contributed by atoms with van der Waals surface area (Å²) < 4.78 is 11.1. The molecule has 0 unspecified atom stereocenters. The highest BCUT2D eigenvalue weighted by atomic mass is 16.5. The number of hydrogen-bond acceptors (Lipinski definition) is 7. The minimum Gasteiger partial charge on any atom is -0.507 e. The molecule has 0 amide bonds. The van der Waals surface area contributed by atoms with Gasteiger partial charge in [0, 0.05) is 18.9 Å². The molecule has 1 fully saturated rings. The maximum Gasteiger partial charge on any atom is 0.309 e. The molecule has 1 saturated heterocycles. The molecule has 0 atom stereocenters. The number of allylic oxidation sites excluding steroid dienone is 1. The lowest BCUT2D eigenvalue weighted by molar-refractivity contribution is -0.149. The van der Waals surface area contributed by atoms with E-state index in [1.165, 1.54) is 0 Å². The summed E-state index contributed by atoms with van der Waals surface area (Å²) >= 11 is 0. The first-order valence-electron chi connectivity index (χ1n) is 10.6. The molecule has 3 heterocycles. The Morgan fingerprint density at radius 2 is 2.03 bits per heavy atom. The average molecular weight is 422 g/mol. The topological polar surface area (TPSA) is 89.0 Å². The molecule has 162 valence electrons. The zero-order valence-electron chi connectivity index (χ0n) is 17.8. The van der Waals surface area contributed by atoms with Crippen LogP contribution in [0.2, 0.25) is 0 Å². The molecule has 4 rings (SSSR count). The van der Waals surface area contributed by atoms with Gasteiger partial charge in [0.25, 0.3) is 0 Å². The third kappa shape index (κ3) is 4.32. The number of aryl methyl sites for hydroxylation is 1. The zero-order valence-corrected chi connectivity index (χ0v) is 17.8. The normalized spacial score (nSPS) is 18.1. The van der Waals surface area contributed by atoms with Crippen molar-refractivity contribution in [3.63, 3.8) is 0 Å². The minimum atomic E-state index is -0.188. The Morgan fingerprint density at radius 1 is 1.32 bits per heavy atom. The van der Waals surface area contributed by atoms with Crippen LogP contribution in [0.5, 0.6) is 11.5 Å². The molecule has 2 aliphatic rings. The smallest absolute Gasteiger partial charge is 0.309 e. The van der Waals surface area contributed by atoms with Crippen molar-refractivity contribution in [2.24, 2.45) is 5.92 Å². The molecular formula is C24H26N2O5. The number of phenolic OH excluding ortho intramolecular Hbond substituents is 1. The molecule has 1 aromatic heterocycles. The van der Waals surface area contributed by atoms with Crippen molar-refractivity contribution in [1.29, 1.82) is 0 Å². The number of likely N-dealkylation sites (tertiary alicyclic amines) is 1. The van der Waals surface area contributed by atoms with Gasteiger partial charge in [-0.2, -0.15) is 0 Å². The maximum atomic E-state index is 13.0. The van der Waals surface area contributed by atoms with Crippen LogP contribution in [-0.4, -0.2) is 46.4 Å². The Hall–Kier alpha value is -3.19. The average Bonchev–Trinajstić information content (AvgIpc) is 3.09. The number of phenols is 1. The van der Waals surface area contributed by atoms with Crippen molar-refractivity contribution >= 4 is 17.8 Å². The highest BCUT2D eigenvalue weighted by molar-refractivity contribution is 6.15. The molecule has 0 bridgehead atoms. The van der Waals surface area contributed by atoms with Gasteiger partial charge in [-0.1, -0.05) is 0 Å².